The van der Waals surface area contributed by atoms with Crippen molar-refractivity contribution in [3.8, 4) is 28.2 Å². The molecule has 0 bridgehead atoms. The molecule has 12 amide bonds. The number of aromatic amines is 1. The van der Waals surface area contributed by atoms with Gasteiger partial charge in [0.05, 0.1) is 17.6 Å². The van der Waals surface area contributed by atoms with Gasteiger partial charge in [-0.1, -0.05) is 64.8 Å². The van der Waals surface area contributed by atoms with Crippen molar-refractivity contribution in [3.05, 3.63) is 106 Å². The number of hydrogen-bond acceptors (Lipinski definition) is 19. The number of nitrogens with two attached hydrogens (primary N) is 2. The van der Waals surface area contributed by atoms with Crippen LogP contribution in [0.2, 0.25) is 0 Å². The number of thiocarbonyl (C=S) groups is 1. The van der Waals surface area contributed by atoms with Crippen LogP contribution in [0.3, 0.4) is 0 Å². The first-order valence-electron chi connectivity index (χ1n) is 42.0. The van der Waals surface area contributed by atoms with Crippen LogP contribution < -0.4 is 86.0 Å². The van der Waals surface area contributed by atoms with Crippen molar-refractivity contribution in [1.82, 2.24) is 73.7 Å². The number of carbonyl (C=O) groups is 13. The molecule has 22 N–H and O–H groups in total. The molecule has 36 nitrogen and oxygen atoms in total. The van der Waals surface area contributed by atoms with Gasteiger partial charge in [0.15, 0.2) is 16.5 Å². The van der Waals surface area contributed by atoms with Crippen LogP contribution in [0.25, 0.3) is 44.3 Å². The number of aliphatic carboxylic acids is 1. The summed E-state index contributed by atoms with van der Waals surface area (Å²) in [5, 5.41) is 73.9. The van der Waals surface area contributed by atoms with Crippen molar-refractivity contribution in [2.45, 2.75) is 229 Å². The largest absolute Gasteiger partial charge is 0.508 e. The number of aromatic nitrogens is 1. The van der Waals surface area contributed by atoms with E-state index in [0.29, 0.717) is 116 Å². The number of aromatic hydroxyl groups is 1. The third-order valence-electron chi connectivity index (χ3n) is 21.4. The lowest BCUT2D eigenvalue weighted by Gasteiger charge is -2.28. The summed E-state index contributed by atoms with van der Waals surface area (Å²) in [6.45, 7) is 11.4. The summed E-state index contributed by atoms with van der Waals surface area (Å²) in [6.07, 6.45) is 3.32. The van der Waals surface area contributed by atoms with Crippen LogP contribution in [0.4, 0.5) is 23.7 Å². The highest BCUT2D eigenvalue weighted by molar-refractivity contribution is 8.00. The van der Waals surface area contributed by atoms with E-state index in [2.05, 4.69) is 74.1 Å². The van der Waals surface area contributed by atoms with Crippen molar-refractivity contribution < 1.29 is 95.2 Å². The van der Waals surface area contributed by atoms with E-state index in [4.69, 9.17) is 43.4 Å². The number of carboxylic acids is 2. The summed E-state index contributed by atoms with van der Waals surface area (Å²) >= 11 is 7.38. The van der Waals surface area contributed by atoms with E-state index in [1.54, 1.807) is 36.5 Å². The van der Waals surface area contributed by atoms with E-state index in [9.17, 15) is 85.7 Å². The highest BCUT2D eigenvalue weighted by Gasteiger charge is 2.44. The number of hydrogen-bond donors (Lipinski definition) is 20. The third-order valence-corrected chi connectivity index (χ3v) is 23.2. The maximum absolute atomic E-state index is 14.7. The van der Waals surface area contributed by atoms with Gasteiger partial charge in [-0.15, -0.1) is 0 Å². The first-order chi connectivity index (χ1) is 59.7. The number of para-hydroxylation sites is 1. The lowest BCUT2D eigenvalue weighted by atomic mass is 9.90. The molecule has 3 fully saturated rings. The molecule has 0 radical (unpaired) electrons. The number of urea groups is 1. The zero-order valence-corrected chi connectivity index (χ0v) is 72.5. The molecule has 1 aliphatic carbocycles. The average molecular weight is 1800 g/mol. The number of unbranched alkanes of at least 4 members (excludes halogenated alkanes) is 4. The van der Waals surface area contributed by atoms with E-state index < -0.39 is 114 Å². The quantitative estimate of drug-likeness (QED) is 0.00564. The van der Waals surface area contributed by atoms with Gasteiger partial charge in [0, 0.05) is 108 Å². The number of primary amides is 1. The number of carbonyl (C=O) groups excluding carboxylic acids is 11. The number of amides is 12. The molecule has 5 aliphatic rings. The number of phenols is 1. The standard InChI is InChI=1S/C83H112N18O16S2.C2HF3O2/c1-44(2)36-60(98-79(113)64-22-17-35-101(64)69(105)25-8-7-14-33-89-83(118)93-49-26-29-53(56(39-49)80(114)115)70-54-30-27-50(102)40-65(54)117-66-41-51(103)28-31-55(66)70)76(110)91-47(6)74(108)96-61(37-45(3)4)78(112)97-62(38-48-42-90-57-19-10-9-18-52(48)57)77(111)92-46(5)73(107)95-59(21-16-34-88-81(85)86)75(109)94-58(72(84)106)20-13-15-32-87-68(104)24-12-11-23-67-71-63(43-119-67)99-82(116)100-71;3-2(4,5)1(6)7/h9-10,18-19,26-31,39-42,44-47,58-64,67,71,90,102H,7-8,11-17,20-25,32-38,43H2,1-6H3,(H2,84,106)(H,87,104)(H,91,110)(H,92,111)(H,94,109)(H,95,107)(H,96,108)(H,97,112)(H,98,113)(H,114,115)(H4,85,86,88)(H2,89,93,118)(H2,99,100,116);(H,6,7)/t46-,47-,58-,59-,60-,61-,62-,63-,64-,67-,71-;/m0./s1. The van der Waals surface area contributed by atoms with E-state index in [1.807, 2.05) is 57.7 Å². The molecule has 684 valence electrons. The van der Waals surface area contributed by atoms with Gasteiger partial charge in [-0.25, -0.2) is 14.4 Å². The van der Waals surface area contributed by atoms with Crippen LogP contribution >= 0.6 is 24.0 Å². The number of guanidine groups is 1. The van der Waals surface area contributed by atoms with Gasteiger partial charge in [0.2, 0.25) is 59.1 Å². The number of phenolic OH excluding ortho intramolecular Hbond substituents is 1. The number of aromatic carboxylic acids is 1. The van der Waals surface area contributed by atoms with Crippen LogP contribution in [0.5, 0.6) is 5.75 Å². The molecular formula is C85H113F3N18O18S2. The first-order valence-corrected chi connectivity index (χ1v) is 43.4. The molecule has 3 aromatic carbocycles. The van der Waals surface area contributed by atoms with E-state index in [0.717, 1.165) is 29.5 Å². The fourth-order valence-corrected chi connectivity index (χ4v) is 16.8. The third kappa shape index (κ3) is 29.7. The second kappa shape index (κ2) is 47.1. The summed E-state index contributed by atoms with van der Waals surface area (Å²) in [7, 11) is 0. The zero-order chi connectivity index (χ0) is 92.2. The Hall–Kier alpha value is -12.3. The number of likely N-dealkylation sites (tertiary alicyclic amines) is 1. The van der Waals surface area contributed by atoms with Crippen molar-refractivity contribution in [2.75, 3.05) is 37.2 Å². The second-order valence-corrected chi connectivity index (χ2v) is 34.0. The Morgan fingerprint density at radius 1 is 0.643 bits per heavy atom. The van der Waals surface area contributed by atoms with Crippen LogP contribution in [-0.4, -0.2) is 217 Å². The second-order valence-electron chi connectivity index (χ2n) is 32.3. The van der Waals surface area contributed by atoms with Crippen molar-refractivity contribution in [3.63, 3.8) is 0 Å². The predicted octanol–water partition coefficient (Wildman–Crippen LogP) is 5.45. The van der Waals surface area contributed by atoms with Gasteiger partial charge < -0.3 is 110 Å². The number of fused-ring (bicyclic) bond motifs is 4. The summed E-state index contributed by atoms with van der Waals surface area (Å²) in [4.78, 5) is 190. The molecule has 4 aromatic rings. The summed E-state index contributed by atoms with van der Waals surface area (Å²) in [6, 6.07) is 11.1. The minimum atomic E-state index is -5.08. The minimum absolute atomic E-state index is 0.0194. The summed E-state index contributed by atoms with van der Waals surface area (Å²) in [5.74, 6) is -9.96. The first kappa shape index (κ1) is 99.1. The van der Waals surface area contributed by atoms with Crippen molar-refractivity contribution in [1.29, 1.82) is 5.41 Å². The van der Waals surface area contributed by atoms with Crippen LogP contribution in [-0.2, 0) is 59.2 Å². The lowest BCUT2D eigenvalue weighted by molar-refractivity contribution is -0.192. The van der Waals surface area contributed by atoms with Crippen molar-refractivity contribution in [2.24, 2.45) is 23.3 Å². The number of benzene rings is 4. The fourth-order valence-electron chi connectivity index (χ4n) is 15.1. The molecule has 0 unspecified atom stereocenters. The SMILES string of the molecule is CC(C)C[C@H](NC(=O)[C@H](C)NC(=O)[C@H](CC(C)C)NC(=O)[C@@H]1CCCN1C(=O)CCCCCNC(=S)Nc1ccc(-c2c3ccc(=O)cc-3oc3cc(O)ccc23)c(C(=O)O)c1)C(=O)N[C@@H](Cc1c[nH]c2ccccc12)C(=O)N[C@@H](C)C(=O)N[C@@H](CCCNC(=N)N)C(=O)N[C@@H](CCCCNC(=O)CCCC[C@@H]1SC[C@@H]2NC(=O)N[C@@H]21)C(N)=O.O=C(O)C(F)(F)F. The summed E-state index contributed by atoms with van der Waals surface area (Å²) < 4.78 is 37.7. The zero-order valence-electron chi connectivity index (χ0n) is 70.9. The lowest BCUT2D eigenvalue weighted by Crippen LogP contribution is -2.60. The number of thioether (sulfide) groups is 1. The number of halogens is 3. The van der Waals surface area contributed by atoms with Crippen LogP contribution in [0.1, 0.15) is 167 Å². The van der Waals surface area contributed by atoms with Gasteiger partial charge in [-0.05, 0) is 175 Å². The molecular weight excluding hydrogens is 1680 g/mol. The molecule has 41 heteroatoms. The number of alkyl halides is 3. The minimum Gasteiger partial charge on any atom is -0.508 e. The Morgan fingerprint density at radius 2 is 1.25 bits per heavy atom. The van der Waals surface area contributed by atoms with E-state index in [1.165, 1.54) is 49.1 Å². The van der Waals surface area contributed by atoms with E-state index >= 15 is 0 Å². The highest BCUT2D eigenvalue weighted by atomic mass is 32.2. The number of anilines is 1. The van der Waals surface area contributed by atoms with Crippen LogP contribution in [0.15, 0.2) is 94.3 Å². The molecule has 1 aromatic heterocycles. The Labute approximate surface area is 734 Å². The monoisotopic (exact) mass is 1790 g/mol. The fraction of sp³-hybridized carbons (Fsp3) is 0.506. The number of rotatable bonds is 44. The smallest absolute Gasteiger partial charge is 0.490 e. The topological polar surface area (TPSA) is 564 Å². The molecule has 5 heterocycles. The Kier molecular flexibility index (Phi) is 37.1. The van der Waals surface area contributed by atoms with Gasteiger partial charge in [-0.3, -0.25) is 58.1 Å². The number of carboxylic acid groups (broad SMARTS) is 2. The molecule has 4 aliphatic heterocycles. The normalized spacial score (nSPS) is 16.9. The molecule has 3 saturated heterocycles. The van der Waals surface area contributed by atoms with Gasteiger partial charge in [-0.2, -0.15) is 24.9 Å². The number of H-pyrrole nitrogens is 1. The molecule has 126 heavy (non-hydrogen) atoms. The van der Waals surface area contributed by atoms with E-state index in [-0.39, 0.29) is 132 Å². The van der Waals surface area contributed by atoms with Crippen molar-refractivity contribution >= 4 is 140 Å². The highest BCUT2D eigenvalue weighted by Crippen LogP contribution is 2.43. The average Bonchev–Trinajstić information content (AvgIpc) is 0.991. The number of nitrogens with one attached hydrogen (secondary N) is 15. The maximum atomic E-state index is 14.7. The van der Waals surface area contributed by atoms with Crippen LogP contribution in [0, 0.1) is 17.2 Å². The molecule has 0 spiro atoms. The van der Waals surface area contributed by atoms with Gasteiger partial charge in [0.25, 0.3) is 0 Å². The Balaban J connectivity index is 0.00000269. The van der Waals surface area contributed by atoms with Gasteiger partial charge in [0.1, 0.15) is 65.4 Å². The summed E-state index contributed by atoms with van der Waals surface area (Å²) in [5.41, 5.74) is 14.2. The Bertz CT molecular complexity index is 4950. The molecule has 11 atom stereocenters. The molecule has 9 rings (SSSR count). The maximum Gasteiger partial charge on any atom is 0.490 e. The molecule has 0 saturated carbocycles. The van der Waals surface area contributed by atoms with Gasteiger partial charge >= 0.3 is 24.1 Å². The predicted molar refractivity (Wildman–Crippen MR) is 469 cm³/mol. The number of nitrogens with zero attached hydrogens (tertiary/aromatic N) is 1. The Morgan fingerprint density at radius 3 is 1.92 bits per heavy atom.